The van der Waals surface area contributed by atoms with Gasteiger partial charge in [0.2, 0.25) is 0 Å². The Bertz CT molecular complexity index is 391. The van der Waals surface area contributed by atoms with Gasteiger partial charge in [0.15, 0.2) is 0 Å². The van der Waals surface area contributed by atoms with Gasteiger partial charge in [-0.15, -0.1) is 0 Å². The quantitative estimate of drug-likeness (QED) is 0.778. The van der Waals surface area contributed by atoms with Crippen LogP contribution in [0.25, 0.3) is 0 Å². The lowest BCUT2D eigenvalue weighted by molar-refractivity contribution is 0.701. The smallest absolute Gasteiger partial charge is 0.106 e. The lowest BCUT2D eigenvalue weighted by Crippen LogP contribution is -2.17. The molecule has 4 heteroatoms. The van der Waals surface area contributed by atoms with E-state index in [4.69, 9.17) is 18.0 Å². The molecule has 0 saturated heterocycles. The molecule has 0 heterocycles. The van der Waals surface area contributed by atoms with Crippen LogP contribution >= 0.6 is 24.0 Å². The van der Waals surface area contributed by atoms with Gasteiger partial charge in [0.25, 0.3) is 0 Å². The average Bonchev–Trinajstić information content (AvgIpc) is 2.26. The van der Waals surface area contributed by atoms with Gasteiger partial charge in [-0.1, -0.05) is 25.2 Å². The van der Waals surface area contributed by atoms with E-state index < -0.39 is 0 Å². The molecular weight excluding hydrogens is 248 g/mol. The van der Waals surface area contributed by atoms with Crippen LogP contribution in [0.3, 0.4) is 0 Å². The summed E-state index contributed by atoms with van der Waals surface area (Å²) in [6, 6.07) is 6.12. The maximum atomic E-state index is 5.72. The molecule has 0 aliphatic heterocycles. The van der Waals surface area contributed by atoms with Crippen molar-refractivity contribution in [3.8, 4) is 0 Å². The van der Waals surface area contributed by atoms with E-state index in [2.05, 4.69) is 31.5 Å². The van der Waals surface area contributed by atoms with Crippen LogP contribution in [0.5, 0.6) is 0 Å². The van der Waals surface area contributed by atoms with Crippen LogP contribution in [0.2, 0.25) is 0 Å². The first-order valence-corrected chi connectivity index (χ1v) is 7.48. The fraction of sp³-hybridized carbons (Fsp3) is 0.462. The molecule has 0 aromatic heterocycles. The average molecular weight is 268 g/mol. The summed E-state index contributed by atoms with van der Waals surface area (Å²) in [7, 11) is 0. The number of benzene rings is 1. The van der Waals surface area contributed by atoms with Crippen molar-refractivity contribution in [2.75, 3.05) is 23.9 Å². The van der Waals surface area contributed by atoms with E-state index in [1.165, 1.54) is 5.56 Å². The Kier molecular flexibility index (Phi) is 5.78. The van der Waals surface area contributed by atoms with E-state index in [0.29, 0.717) is 10.9 Å². The predicted molar refractivity (Wildman–Crippen MR) is 83.1 cm³/mol. The number of thiocarbonyl (C=S) groups is 1. The van der Waals surface area contributed by atoms with Gasteiger partial charge in [-0.2, -0.15) is 11.8 Å². The largest absolute Gasteiger partial charge is 0.389 e. The first kappa shape index (κ1) is 14.3. The highest BCUT2D eigenvalue weighted by atomic mass is 32.2. The van der Waals surface area contributed by atoms with E-state index >= 15 is 0 Å². The Morgan fingerprint density at radius 1 is 1.53 bits per heavy atom. The molecule has 94 valence electrons. The third-order valence-corrected chi connectivity index (χ3v) is 3.65. The molecule has 1 atom stereocenters. The number of rotatable bonds is 6. The van der Waals surface area contributed by atoms with Crippen molar-refractivity contribution in [2.24, 2.45) is 11.7 Å². The van der Waals surface area contributed by atoms with E-state index in [-0.39, 0.29) is 0 Å². The highest BCUT2D eigenvalue weighted by molar-refractivity contribution is 7.98. The monoisotopic (exact) mass is 268 g/mol. The molecular formula is C13H20N2S2. The van der Waals surface area contributed by atoms with Crippen LogP contribution in [-0.2, 0) is 0 Å². The summed E-state index contributed by atoms with van der Waals surface area (Å²) in [5, 5.41) is 3.44. The van der Waals surface area contributed by atoms with E-state index in [1.807, 2.05) is 23.9 Å². The molecule has 0 aliphatic rings. The SMILES string of the molecule is CSCC(C)CNc1cc(C)ccc1C(N)=S. The number of nitrogens with one attached hydrogen (secondary N) is 1. The van der Waals surface area contributed by atoms with Crippen LogP contribution in [0, 0.1) is 12.8 Å². The highest BCUT2D eigenvalue weighted by Crippen LogP contribution is 2.18. The molecule has 1 rings (SSSR count). The van der Waals surface area contributed by atoms with Crippen molar-refractivity contribution >= 4 is 34.7 Å². The second-order valence-electron chi connectivity index (χ2n) is 4.35. The summed E-state index contributed by atoms with van der Waals surface area (Å²) >= 11 is 6.93. The van der Waals surface area contributed by atoms with Crippen LogP contribution in [-0.4, -0.2) is 23.5 Å². The minimum absolute atomic E-state index is 0.449. The second kappa shape index (κ2) is 6.87. The minimum atomic E-state index is 0.449. The summed E-state index contributed by atoms with van der Waals surface area (Å²) in [5.41, 5.74) is 8.91. The zero-order valence-electron chi connectivity index (χ0n) is 10.6. The summed E-state index contributed by atoms with van der Waals surface area (Å²) in [6.07, 6.45) is 2.13. The number of aryl methyl sites for hydroxylation is 1. The summed E-state index contributed by atoms with van der Waals surface area (Å²) in [4.78, 5) is 0.449. The second-order valence-corrected chi connectivity index (χ2v) is 5.71. The molecule has 0 fully saturated rings. The van der Waals surface area contributed by atoms with Gasteiger partial charge in [-0.25, -0.2) is 0 Å². The highest BCUT2D eigenvalue weighted by Gasteiger charge is 2.07. The molecule has 0 amide bonds. The Hall–Kier alpha value is -0.740. The third-order valence-electron chi connectivity index (χ3n) is 2.53. The Labute approximate surface area is 113 Å². The van der Waals surface area contributed by atoms with Gasteiger partial charge >= 0.3 is 0 Å². The molecule has 1 aromatic rings. The minimum Gasteiger partial charge on any atom is -0.389 e. The number of hydrogen-bond donors (Lipinski definition) is 2. The van der Waals surface area contributed by atoms with Gasteiger partial charge in [0.1, 0.15) is 4.99 Å². The Morgan fingerprint density at radius 3 is 2.82 bits per heavy atom. The summed E-state index contributed by atoms with van der Waals surface area (Å²) in [6.45, 7) is 5.25. The molecule has 0 radical (unpaired) electrons. The maximum absolute atomic E-state index is 5.72. The normalized spacial score (nSPS) is 12.2. The Balaban J connectivity index is 2.75. The van der Waals surface area contributed by atoms with Crippen LogP contribution in [0.1, 0.15) is 18.1 Å². The summed E-state index contributed by atoms with van der Waals surface area (Å²) in [5.74, 6) is 1.78. The van der Waals surface area contributed by atoms with Crippen LogP contribution in [0.4, 0.5) is 5.69 Å². The molecule has 17 heavy (non-hydrogen) atoms. The fourth-order valence-corrected chi connectivity index (χ4v) is 2.51. The molecule has 0 bridgehead atoms. The van der Waals surface area contributed by atoms with Gasteiger partial charge in [-0.3, -0.25) is 0 Å². The maximum Gasteiger partial charge on any atom is 0.106 e. The van der Waals surface area contributed by atoms with Gasteiger partial charge in [-0.05, 0) is 42.5 Å². The fourth-order valence-electron chi connectivity index (χ4n) is 1.65. The molecule has 0 saturated carbocycles. The number of thioether (sulfide) groups is 1. The lowest BCUT2D eigenvalue weighted by atomic mass is 10.1. The van der Waals surface area contributed by atoms with Gasteiger partial charge in [0.05, 0.1) is 0 Å². The van der Waals surface area contributed by atoms with Gasteiger partial charge < -0.3 is 11.1 Å². The standard InChI is InChI=1S/C13H20N2S2/c1-9-4-5-11(13(14)16)12(6-9)15-7-10(2)8-17-3/h4-6,10,15H,7-8H2,1-3H3,(H2,14,16). The molecule has 1 unspecified atom stereocenters. The van der Waals surface area contributed by atoms with Crippen molar-refractivity contribution in [1.29, 1.82) is 0 Å². The topological polar surface area (TPSA) is 38.0 Å². The van der Waals surface area contributed by atoms with Crippen molar-refractivity contribution in [2.45, 2.75) is 13.8 Å². The summed E-state index contributed by atoms with van der Waals surface area (Å²) < 4.78 is 0. The van der Waals surface area contributed by atoms with Crippen molar-refractivity contribution in [3.05, 3.63) is 29.3 Å². The predicted octanol–water partition coefficient (Wildman–Crippen LogP) is 3.04. The van der Waals surface area contributed by atoms with Crippen LogP contribution < -0.4 is 11.1 Å². The van der Waals surface area contributed by atoms with Crippen molar-refractivity contribution in [1.82, 2.24) is 0 Å². The molecule has 2 nitrogen and oxygen atoms in total. The first-order valence-electron chi connectivity index (χ1n) is 5.68. The number of anilines is 1. The van der Waals surface area contributed by atoms with Crippen LogP contribution in [0.15, 0.2) is 18.2 Å². The van der Waals surface area contributed by atoms with E-state index in [1.54, 1.807) is 0 Å². The molecule has 1 aromatic carbocycles. The third kappa shape index (κ3) is 4.56. The number of hydrogen-bond acceptors (Lipinski definition) is 3. The lowest BCUT2D eigenvalue weighted by Gasteiger charge is -2.15. The molecule has 3 N–H and O–H groups in total. The van der Waals surface area contributed by atoms with E-state index in [9.17, 15) is 0 Å². The zero-order valence-corrected chi connectivity index (χ0v) is 12.3. The Morgan fingerprint density at radius 2 is 2.24 bits per heavy atom. The van der Waals surface area contributed by atoms with Gasteiger partial charge in [0, 0.05) is 17.8 Å². The molecule has 0 spiro atoms. The first-order chi connectivity index (χ1) is 8.04. The van der Waals surface area contributed by atoms with Crippen molar-refractivity contribution in [3.63, 3.8) is 0 Å². The number of nitrogens with two attached hydrogens (primary N) is 1. The zero-order chi connectivity index (χ0) is 12.8. The van der Waals surface area contributed by atoms with E-state index in [0.717, 1.165) is 23.5 Å². The molecule has 0 aliphatic carbocycles. The van der Waals surface area contributed by atoms with Crippen molar-refractivity contribution < 1.29 is 0 Å².